The monoisotopic (exact) mass is 272 g/mol. The van der Waals surface area contributed by atoms with Crippen molar-refractivity contribution in [2.45, 2.75) is 31.9 Å². The van der Waals surface area contributed by atoms with Gasteiger partial charge in [0.15, 0.2) is 0 Å². The molecule has 1 aromatic heterocycles. The molecule has 3 atom stereocenters. The van der Waals surface area contributed by atoms with E-state index in [9.17, 15) is 0 Å². The van der Waals surface area contributed by atoms with Crippen molar-refractivity contribution in [2.75, 3.05) is 6.61 Å². The van der Waals surface area contributed by atoms with Crippen molar-refractivity contribution >= 4 is 0 Å². The fourth-order valence-electron chi connectivity index (χ4n) is 2.96. The van der Waals surface area contributed by atoms with Gasteiger partial charge >= 0.3 is 0 Å². The van der Waals surface area contributed by atoms with Gasteiger partial charge in [-0.2, -0.15) is 0 Å². The summed E-state index contributed by atoms with van der Waals surface area (Å²) in [6.45, 7) is 2.94. The van der Waals surface area contributed by atoms with Crippen molar-refractivity contribution in [3.63, 3.8) is 0 Å². The molecule has 0 aliphatic carbocycles. The van der Waals surface area contributed by atoms with Crippen LogP contribution in [0.2, 0.25) is 0 Å². The number of aromatic nitrogens is 3. The highest BCUT2D eigenvalue weighted by molar-refractivity contribution is 5.32. The second kappa shape index (κ2) is 5.73. The second-order valence-electron chi connectivity index (χ2n) is 5.20. The van der Waals surface area contributed by atoms with E-state index >= 15 is 0 Å². The topological polar surface area (TPSA) is 66.0 Å². The third-order valence-corrected chi connectivity index (χ3v) is 4.04. The standard InChI is InChI=1S/C15H20N4O/c1-2-14-12(8-9-20-14)15(16)13-10-17-18-19(13)11-6-4-3-5-7-11/h3-7,10,12,14-15H,2,8-9,16H2,1H3. The maximum atomic E-state index is 6.47. The van der Waals surface area contributed by atoms with E-state index in [0.29, 0.717) is 5.92 Å². The van der Waals surface area contributed by atoms with Crippen LogP contribution in [0.4, 0.5) is 0 Å². The number of rotatable bonds is 4. The number of para-hydroxylation sites is 1. The molecular weight excluding hydrogens is 252 g/mol. The second-order valence-corrected chi connectivity index (χ2v) is 5.20. The minimum absolute atomic E-state index is 0.0994. The van der Waals surface area contributed by atoms with Gasteiger partial charge in [-0.05, 0) is 25.0 Å². The molecule has 20 heavy (non-hydrogen) atoms. The summed E-state index contributed by atoms with van der Waals surface area (Å²) >= 11 is 0. The fourth-order valence-corrected chi connectivity index (χ4v) is 2.96. The number of hydrogen-bond donors (Lipinski definition) is 1. The molecule has 106 valence electrons. The molecule has 0 amide bonds. The summed E-state index contributed by atoms with van der Waals surface area (Å²) in [6, 6.07) is 9.87. The number of nitrogens with two attached hydrogens (primary N) is 1. The zero-order chi connectivity index (χ0) is 13.9. The first-order valence-corrected chi connectivity index (χ1v) is 7.14. The van der Waals surface area contributed by atoms with Crippen molar-refractivity contribution in [3.05, 3.63) is 42.2 Å². The minimum atomic E-state index is -0.0994. The van der Waals surface area contributed by atoms with Gasteiger partial charge < -0.3 is 10.5 Å². The van der Waals surface area contributed by atoms with Gasteiger partial charge in [0.25, 0.3) is 0 Å². The smallest absolute Gasteiger partial charge is 0.0816 e. The van der Waals surface area contributed by atoms with Crippen molar-refractivity contribution in [1.82, 2.24) is 15.0 Å². The van der Waals surface area contributed by atoms with Crippen LogP contribution in [0.25, 0.3) is 5.69 Å². The van der Waals surface area contributed by atoms with E-state index in [0.717, 1.165) is 30.8 Å². The SMILES string of the molecule is CCC1OCCC1C(N)c1cnnn1-c1ccccc1. The summed E-state index contributed by atoms with van der Waals surface area (Å²) < 4.78 is 7.58. The molecule has 5 heteroatoms. The Bertz CT molecular complexity index is 554. The number of benzene rings is 1. The molecule has 0 spiro atoms. The van der Waals surface area contributed by atoms with E-state index in [1.165, 1.54) is 0 Å². The molecule has 0 radical (unpaired) electrons. The van der Waals surface area contributed by atoms with Gasteiger partial charge in [-0.15, -0.1) is 5.10 Å². The third kappa shape index (κ3) is 2.34. The van der Waals surface area contributed by atoms with Crippen molar-refractivity contribution in [3.8, 4) is 5.69 Å². The van der Waals surface area contributed by atoms with Gasteiger partial charge in [0.2, 0.25) is 0 Å². The molecular formula is C15H20N4O. The number of hydrogen-bond acceptors (Lipinski definition) is 4. The summed E-state index contributed by atoms with van der Waals surface area (Å²) in [5, 5.41) is 8.21. The molecule has 1 fully saturated rings. The van der Waals surface area contributed by atoms with Crippen molar-refractivity contribution in [1.29, 1.82) is 0 Å². The maximum Gasteiger partial charge on any atom is 0.0816 e. The van der Waals surface area contributed by atoms with Crippen molar-refractivity contribution < 1.29 is 4.74 Å². The lowest BCUT2D eigenvalue weighted by atomic mass is 9.90. The minimum Gasteiger partial charge on any atom is -0.378 e. The molecule has 0 bridgehead atoms. The van der Waals surface area contributed by atoms with Crippen LogP contribution >= 0.6 is 0 Å². The van der Waals surface area contributed by atoms with E-state index in [1.54, 1.807) is 6.20 Å². The van der Waals surface area contributed by atoms with E-state index in [2.05, 4.69) is 17.2 Å². The molecule has 2 N–H and O–H groups in total. The van der Waals surface area contributed by atoms with Gasteiger partial charge in [-0.25, -0.2) is 4.68 Å². The highest BCUT2D eigenvalue weighted by atomic mass is 16.5. The third-order valence-electron chi connectivity index (χ3n) is 4.04. The van der Waals surface area contributed by atoms with Crippen molar-refractivity contribution in [2.24, 2.45) is 11.7 Å². The number of ether oxygens (including phenoxy) is 1. The molecule has 1 aliphatic heterocycles. The fraction of sp³-hybridized carbons (Fsp3) is 0.467. The van der Waals surface area contributed by atoms with Gasteiger partial charge in [0.05, 0.1) is 29.7 Å². The summed E-state index contributed by atoms with van der Waals surface area (Å²) in [6.07, 6.45) is 4.00. The Morgan fingerprint density at radius 1 is 1.40 bits per heavy atom. The number of nitrogens with zero attached hydrogens (tertiary/aromatic N) is 3. The van der Waals surface area contributed by atoms with Gasteiger partial charge in [0, 0.05) is 12.5 Å². The summed E-state index contributed by atoms with van der Waals surface area (Å²) in [4.78, 5) is 0. The lowest BCUT2D eigenvalue weighted by Gasteiger charge is -2.23. The highest BCUT2D eigenvalue weighted by Crippen LogP contribution is 2.33. The Balaban J connectivity index is 1.90. The molecule has 1 saturated heterocycles. The maximum absolute atomic E-state index is 6.47. The predicted octanol–water partition coefficient (Wildman–Crippen LogP) is 2.08. The van der Waals surface area contributed by atoms with E-state index in [1.807, 2.05) is 35.0 Å². The molecule has 2 aromatic rings. The predicted molar refractivity (Wildman–Crippen MR) is 76.4 cm³/mol. The zero-order valence-electron chi connectivity index (χ0n) is 11.6. The van der Waals surface area contributed by atoms with Crippen LogP contribution in [-0.2, 0) is 4.74 Å². The van der Waals surface area contributed by atoms with E-state index in [-0.39, 0.29) is 12.1 Å². The summed E-state index contributed by atoms with van der Waals surface area (Å²) in [5.41, 5.74) is 8.41. The normalized spacial score (nSPS) is 23.9. The Morgan fingerprint density at radius 3 is 2.95 bits per heavy atom. The molecule has 0 saturated carbocycles. The van der Waals surface area contributed by atoms with Crippen LogP contribution in [0.5, 0.6) is 0 Å². The molecule has 2 heterocycles. The molecule has 1 aromatic carbocycles. The summed E-state index contributed by atoms with van der Waals surface area (Å²) in [5.74, 6) is 0.334. The van der Waals surface area contributed by atoms with Crippen LogP contribution in [-0.4, -0.2) is 27.7 Å². The van der Waals surface area contributed by atoms with E-state index in [4.69, 9.17) is 10.5 Å². The first-order valence-electron chi connectivity index (χ1n) is 7.14. The van der Waals surface area contributed by atoms with Crippen LogP contribution in [0, 0.1) is 5.92 Å². The average Bonchev–Trinajstić information content (AvgIpc) is 3.16. The van der Waals surface area contributed by atoms with Gasteiger partial charge in [-0.3, -0.25) is 0 Å². The van der Waals surface area contributed by atoms with Crippen LogP contribution in [0.15, 0.2) is 36.5 Å². The zero-order valence-corrected chi connectivity index (χ0v) is 11.6. The Kier molecular flexibility index (Phi) is 3.80. The lowest BCUT2D eigenvalue weighted by molar-refractivity contribution is 0.0808. The first kappa shape index (κ1) is 13.3. The van der Waals surface area contributed by atoms with Crippen LogP contribution in [0.1, 0.15) is 31.5 Å². The van der Waals surface area contributed by atoms with Crippen LogP contribution in [0.3, 0.4) is 0 Å². The van der Waals surface area contributed by atoms with Gasteiger partial charge in [0.1, 0.15) is 0 Å². The molecule has 3 rings (SSSR count). The largest absolute Gasteiger partial charge is 0.378 e. The Hall–Kier alpha value is -1.72. The summed E-state index contributed by atoms with van der Waals surface area (Å²) in [7, 11) is 0. The first-order chi connectivity index (χ1) is 9.81. The van der Waals surface area contributed by atoms with Gasteiger partial charge in [-0.1, -0.05) is 30.3 Å². The lowest BCUT2D eigenvalue weighted by Crippen LogP contribution is -2.29. The molecule has 1 aliphatic rings. The molecule has 3 unspecified atom stereocenters. The quantitative estimate of drug-likeness (QED) is 0.925. The van der Waals surface area contributed by atoms with Crippen LogP contribution < -0.4 is 5.73 Å². The average molecular weight is 272 g/mol. The molecule has 5 nitrogen and oxygen atoms in total. The highest BCUT2D eigenvalue weighted by Gasteiger charge is 2.34. The Labute approximate surface area is 118 Å². The Morgan fingerprint density at radius 2 is 2.20 bits per heavy atom. The van der Waals surface area contributed by atoms with E-state index < -0.39 is 0 Å².